The summed E-state index contributed by atoms with van der Waals surface area (Å²) < 4.78 is 0. The van der Waals surface area contributed by atoms with Crippen LogP contribution in [-0.2, 0) is 0 Å². The van der Waals surface area contributed by atoms with Crippen molar-refractivity contribution in [3.05, 3.63) is 5.82 Å². The second-order valence-electron chi connectivity index (χ2n) is 5.84. The van der Waals surface area contributed by atoms with Crippen molar-refractivity contribution in [3.63, 3.8) is 0 Å². The van der Waals surface area contributed by atoms with Crippen LogP contribution >= 0.6 is 0 Å². The average molecular weight is 368 g/mol. The lowest BCUT2D eigenvalue weighted by molar-refractivity contribution is 0.477. The van der Waals surface area contributed by atoms with E-state index in [0.717, 1.165) is 51.1 Å². The van der Waals surface area contributed by atoms with Crippen molar-refractivity contribution in [3.8, 4) is 0 Å². The quantitative estimate of drug-likeness (QED) is 0.561. The van der Waals surface area contributed by atoms with E-state index in [1.54, 1.807) is 0 Å². The minimum atomic E-state index is 0.376. The zero-order valence-electron chi connectivity index (χ0n) is 17.9. The molecule has 152 valence electrons. The number of nitrogens with one attached hydrogen (secondary N) is 4. The SMILES string of the molecule is CC.CC.CCC(CCNC)Nc1nc(C)nc(NC2CCNCC2)n1. The Kier molecular flexibility index (Phi) is 14.9. The molecule has 26 heavy (non-hydrogen) atoms. The summed E-state index contributed by atoms with van der Waals surface area (Å²) in [6.45, 7) is 15.2. The standard InChI is InChI=1S/C15H29N7.2C2H6/c1-4-12(5-8-16-3)20-14-18-11(2)19-15(22-14)21-13-6-9-17-10-7-13;2*1-2/h12-13,16-17H,4-10H2,1-3H3,(H2,18,19,20,21,22);2*1-2H3. The number of aryl methyl sites for hydroxylation is 1. The van der Waals surface area contributed by atoms with Crippen LogP contribution in [0.15, 0.2) is 0 Å². The maximum absolute atomic E-state index is 4.54. The predicted octanol–water partition coefficient (Wildman–Crippen LogP) is 3.20. The molecule has 0 bridgehead atoms. The van der Waals surface area contributed by atoms with Gasteiger partial charge in [0.2, 0.25) is 11.9 Å². The first kappa shape index (κ1) is 24.5. The van der Waals surface area contributed by atoms with E-state index in [1.165, 1.54) is 0 Å². The Bertz CT molecular complexity index is 448. The minimum Gasteiger partial charge on any atom is -0.351 e. The zero-order chi connectivity index (χ0) is 19.8. The van der Waals surface area contributed by atoms with Crippen LogP contribution in [-0.4, -0.2) is 53.7 Å². The molecule has 2 rings (SSSR count). The van der Waals surface area contributed by atoms with E-state index < -0.39 is 0 Å². The van der Waals surface area contributed by atoms with Crippen LogP contribution in [0, 0.1) is 6.92 Å². The molecule has 4 N–H and O–H groups in total. The molecular formula is C19H41N7. The molecule has 2 heterocycles. The van der Waals surface area contributed by atoms with Gasteiger partial charge in [-0.25, -0.2) is 0 Å². The van der Waals surface area contributed by atoms with E-state index in [1.807, 2.05) is 41.7 Å². The van der Waals surface area contributed by atoms with Gasteiger partial charge in [-0.1, -0.05) is 34.6 Å². The van der Waals surface area contributed by atoms with Crippen molar-refractivity contribution in [2.45, 2.75) is 79.3 Å². The molecule has 1 atom stereocenters. The van der Waals surface area contributed by atoms with Crippen LogP contribution in [0.4, 0.5) is 11.9 Å². The second kappa shape index (κ2) is 15.8. The van der Waals surface area contributed by atoms with Crippen molar-refractivity contribution in [2.24, 2.45) is 0 Å². The predicted molar refractivity (Wildman–Crippen MR) is 113 cm³/mol. The summed E-state index contributed by atoms with van der Waals surface area (Å²) in [7, 11) is 1.97. The fourth-order valence-electron chi connectivity index (χ4n) is 2.64. The molecule has 1 unspecified atom stereocenters. The molecule has 0 radical (unpaired) electrons. The van der Waals surface area contributed by atoms with Crippen molar-refractivity contribution < 1.29 is 0 Å². The van der Waals surface area contributed by atoms with Crippen molar-refractivity contribution >= 4 is 11.9 Å². The molecule has 1 aliphatic heterocycles. The zero-order valence-corrected chi connectivity index (χ0v) is 17.9. The monoisotopic (exact) mass is 367 g/mol. The maximum atomic E-state index is 4.54. The molecule has 7 heteroatoms. The number of anilines is 2. The highest BCUT2D eigenvalue weighted by Crippen LogP contribution is 2.13. The smallest absolute Gasteiger partial charge is 0.227 e. The summed E-state index contributed by atoms with van der Waals surface area (Å²) in [5.74, 6) is 2.11. The molecule has 1 saturated heterocycles. The van der Waals surface area contributed by atoms with E-state index in [4.69, 9.17) is 0 Å². The Labute approximate surface area is 160 Å². The number of rotatable bonds is 8. The minimum absolute atomic E-state index is 0.376. The first-order chi connectivity index (χ1) is 12.7. The third-order valence-electron chi connectivity index (χ3n) is 3.99. The molecule has 0 spiro atoms. The third-order valence-corrected chi connectivity index (χ3v) is 3.99. The second-order valence-corrected chi connectivity index (χ2v) is 5.84. The number of hydrogen-bond acceptors (Lipinski definition) is 7. The lowest BCUT2D eigenvalue weighted by atomic mass is 10.1. The molecule has 1 aromatic rings. The lowest BCUT2D eigenvalue weighted by Crippen LogP contribution is -2.36. The van der Waals surface area contributed by atoms with Gasteiger partial charge in [-0.05, 0) is 59.3 Å². The Balaban J connectivity index is 0.00000146. The van der Waals surface area contributed by atoms with E-state index in [2.05, 4.69) is 43.1 Å². The van der Waals surface area contributed by atoms with E-state index in [-0.39, 0.29) is 0 Å². The van der Waals surface area contributed by atoms with Crippen LogP contribution < -0.4 is 21.3 Å². The topological polar surface area (TPSA) is 86.8 Å². The summed E-state index contributed by atoms with van der Waals surface area (Å²) in [4.78, 5) is 13.4. The third kappa shape index (κ3) is 9.87. The number of piperidine rings is 1. The molecule has 1 aliphatic rings. The highest BCUT2D eigenvalue weighted by Gasteiger charge is 2.15. The van der Waals surface area contributed by atoms with Crippen molar-refractivity contribution in [1.29, 1.82) is 0 Å². The van der Waals surface area contributed by atoms with Gasteiger partial charge in [-0.2, -0.15) is 15.0 Å². The molecule has 0 aromatic carbocycles. The van der Waals surface area contributed by atoms with Gasteiger partial charge in [0.05, 0.1) is 0 Å². The Morgan fingerprint density at radius 2 is 1.65 bits per heavy atom. The van der Waals surface area contributed by atoms with Gasteiger partial charge in [0, 0.05) is 12.1 Å². The van der Waals surface area contributed by atoms with Gasteiger partial charge in [-0.15, -0.1) is 0 Å². The van der Waals surface area contributed by atoms with Gasteiger partial charge in [-0.3, -0.25) is 0 Å². The highest BCUT2D eigenvalue weighted by molar-refractivity contribution is 5.36. The fourth-order valence-corrected chi connectivity index (χ4v) is 2.64. The fraction of sp³-hybridized carbons (Fsp3) is 0.842. The van der Waals surface area contributed by atoms with Gasteiger partial charge in [0.1, 0.15) is 5.82 Å². The summed E-state index contributed by atoms with van der Waals surface area (Å²) in [6.07, 6.45) is 4.30. The molecular weight excluding hydrogens is 326 g/mol. The molecule has 1 aromatic heterocycles. The van der Waals surface area contributed by atoms with Crippen LogP contribution in [0.25, 0.3) is 0 Å². The largest absolute Gasteiger partial charge is 0.351 e. The highest BCUT2D eigenvalue weighted by atomic mass is 15.2. The summed E-state index contributed by atoms with van der Waals surface area (Å²) >= 11 is 0. The van der Waals surface area contributed by atoms with E-state index in [0.29, 0.717) is 24.0 Å². The first-order valence-electron chi connectivity index (χ1n) is 10.3. The summed E-state index contributed by atoms with van der Waals surface area (Å²) in [5, 5.41) is 13.4. The molecule has 1 fully saturated rings. The molecule has 0 saturated carbocycles. The van der Waals surface area contributed by atoms with Crippen molar-refractivity contribution in [1.82, 2.24) is 25.6 Å². The number of hydrogen-bond donors (Lipinski definition) is 4. The van der Waals surface area contributed by atoms with E-state index >= 15 is 0 Å². The Hall–Kier alpha value is -1.47. The van der Waals surface area contributed by atoms with Gasteiger partial charge >= 0.3 is 0 Å². The normalized spacial score (nSPS) is 15.0. The summed E-state index contributed by atoms with van der Waals surface area (Å²) in [6, 6.07) is 0.822. The van der Waals surface area contributed by atoms with Crippen molar-refractivity contribution in [2.75, 3.05) is 37.3 Å². The van der Waals surface area contributed by atoms with Gasteiger partial charge < -0.3 is 21.3 Å². The summed E-state index contributed by atoms with van der Waals surface area (Å²) in [5.41, 5.74) is 0. The van der Waals surface area contributed by atoms with Gasteiger partial charge in [0.15, 0.2) is 0 Å². The van der Waals surface area contributed by atoms with Crippen LogP contribution in [0.2, 0.25) is 0 Å². The molecule has 0 aliphatic carbocycles. The van der Waals surface area contributed by atoms with Crippen LogP contribution in [0.3, 0.4) is 0 Å². The van der Waals surface area contributed by atoms with Crippen LogP contribution in [0.5, 0.6) is 0 Å². The molecule has 0 amide bonds. The average Bonchev–Trinajstić information content (AvgIpc) is 2.68. The number of nitrogens with zero attached hydrogens (tertiary/aromatic N) is 3. The Morgan fingerprint density at radius 1 is 1.04 bits per heavy atom. The van der Waals surface area contributed by atoms with E-state index in [9.17, 15) is 0 Å². The lowest BCUT2D eigenvalue weighted by Gasteiger charge is -2.24. The first-order valence-corrected chi connectivity index (χ1v) is 10.3. The van der Waals surface area contributed by atoms with Gasteiger partial charge in [0.25, 0.3) is 0 Å². The maximum Gasteiger partial charge on any atom is 0.227 e. The number of aromatic nitrogens is 3. The molecule has 7 nitrogen and oxygen atoms in total. The Morgan fingerprint density at radius 3 is 2.23 bits per heavy atom. The van der Waals surface area contributed by atoms with Crippen LogP contribution in [0.1, 0.15) is 66.1 Å².